The number of carbonyl (C=O) groups excluding carboxylic acids is 1. The summed E-state index contributed by atoms with van der Waals surface area (Å²) in [5.74, 6) is 0.260. The molecule has 0 aromatic carbocycles. The van der Waals surface area contributed by atoms with Gasteiger partial charge in [0.1, 0.15) is 5.56 Å². The molecule has 1 aliphatic rings. The van der Waals surface area contributed by atoms with E-state index in [0.29, 0.717) is 18.1 Å². The van der Waals surface area contributed by atoms with Crippen molar-refractivity contribution < 1.29 is 9.53 Å². The number of rotatable bonds is 5. The zero-order valence-corrected chi connectivity index (χ0v) is 14.5. The molecule has 0 radical (unpaired) electrons. The molecule has 2 heterocycles. The maximum Gasteiger partial charge on any atom is 0.341 e. The van der Waals surface area contributed by atoms with Crippen LogP contribution in [-0.4, -0.2) is 40.9 Å². The fourth-order valence-electron chi connectivity index (χ4n) is 3.35. The minimum atomic E-state index is -0.332. The zero-order chi connectivity index (χ0) is 17.1. The number of fused-ring (bicyclic) bond motifs is 1. The normalized spacial score (nSPS) is 17.2. The molecule has 0 N–H and O–H groups in total. The molecule has 2 aromatic rings. The Balaban J connectivity index is 2.00. The van der Waals surface area contributed by atoms with Gasteiger partial charge >= 0.3 is 5.97 Å². The van der Waals surface area contributed by atoms with Crippen molar-refractivity contribution in [2.24, 2.45) is 13.0 Å². The van der Waals surface area contributed by atoms with E-state index in [9.17, 15) is 4.79 Å². The van der Waals surface area contributed by atoms with Crippen LogP contribution in [0.1, 0.15) is 36.5 Å². The molecule has 1 unspecified atom stereocenters. The fraction of sp³-hybridized carbons (Fsp3) is 0.500. The van der Waals surface area contributed by atoms with E-state index in [-0.39, 0.29) is 5.97 Å². The van der Waals surface area contributed by atoms with Crippen LogP contribution in [0.4, 0.5) is 5.69 Å². The van der Waals surface area contributed by atoms with Crippen molar-refractivity contribution in [1.29, 1.82) is 0 Å². The molecular formula is C18H24N4O2. The first-order valence-corrected chi connectivity index (χ1v) is 8.45. The Bertz CT molecular complexity index is 766. The van der Waals surface area contributed by atoms with E-state index in [1.54, 1.807) is 17.1 Å². The molecule has 6 heteroatoms. The molecule has 24 heavy (non-hydrogen) atoms. The number of carbonyl (C=O) groups is 1. The van der Waals surface area contributed by atoms with Crippen LogP contribution in [0.25, 0.3) is 11.0 Å². The summed E-state index contributed by atoms with van der Waals surface area (Å²) in [6, 6.07) is 0. The van der Waals surface area contributed by atoms with Gasteiger partial charge < -0.3 is 9.64 Å². The summed E-state index contributed by atoms with van der Waals surface area (Å²) in [7, 11) is 3.89. The van der Waals surface area contributed by atoms with E-state index < -0.39 is 0 Å². The highest BCUT2D eigenvalue weighted by Crippen LogP contribution is 2.31. The average Bonchev–Trinajstić information content (AvgIpc) is 2.96. The van der Waals surface area contributed by atoms with Gasteiger partial charge in [-0.05, 0) is 32.1 Å². The first-order chi connectivity index (χ1) is 11.6. The van der Waals surface area contributed by atoms with Gasteiger partial charge in [0.2, 0.25) is 0 Å². The summed E-state index contributed by atoms with van der Waals surface area (Å²) in [6.45, 7) is 3.05. The summed E-state index contributed by atoms with van der Waals surface area (Å²) in [5.41, 5.74) is 2.14. The van der Waals surface area contributed by atoms with Gasteiger partial charge in [-0.2, -0.15) is 5.10 Å². The number of hydrogen-bond donors (Lipinski definition) is 0. The molecule has 0 aliphatic heterocycles. The van der Waals surface area contributed by atoms with Crippen LogP contribution in [0.15, 0.2) is 24.5 Å². The Kier molecular flexibility index (Phi) is 4.83. The lowest BCUT2D eigenvalue weighted by Gasteiger charge is -2.28. The van der Waals surface area contributed by atoms with Crippen LogP contribution in [-0.2, 0) is 11.8 Å². The molecule has 3 rings (SSSR count). The van der Waals surface area contributed by atoms with Gasteiger partial charge in [-0.3, -0.25) is 4.68 Å². The largest absolute Gasteiger partial charge is 0.462 e. The summed E-state index contributed by atoms with van der Waals surface area (Å²) < 4.78 is 6.95. The Morgan fingerprint density at radius 2 is 2.25 bits per heavy atom. The van der Waals surface area contributed by atoms with Crippen molar-refractivity contribution in [1.82, 2.24) is 14.8 Å². The van der Waals surface area contributed by atoms with Gasteiger partial charge in [-0.25, -0.2) is 9.78 Å². The maximum atomic E-state index is 12.4. The van der Waals surface area contributed by atoms with Crippen LogP contribution in [0.5, 0.6) is 0 Å². The van der Waals surface area contributed by atoms with E-state index in [1.165, 1.54) is 6.42 Å². The van der Waals surface area contributed by atoms with E-state index >= 15 is 0 Å². The minimum Gasteiger partial charge on any atom is -0.462 e. The molecular weight excluding hydrogens is 304 g/mol. The lowest BCUT2D eigenvalue weighted by atomic mass is 9.93. The quantitative estimate of drug-likeness (QED) is 0.624. The van der Waals surface area contributed by atoms with Gasteiger partial charge in [0, 0.05) is 26.8 Å². The summed E-state index contributed by atoms with van der Waals surface area (Å²) in [6.07, 6.45) is 11.3. The molecule has 6 nitrogen and oxygen atoms in total. The maximum absolute atomic E-state index is 12.4. The number of hydrogen-bond acceptors (Lipinski definition) is 5. The van der Waals surface area contributed by atoms with Crippen LogP contribution >= 0.6 is 0 Å². The average molecular weight is 328 g/mol. The minimum absolute atomic E-state index is 0.332. The molecule has 1 atom stereocenters. The van der Waals surface area contributed by atoms with Crippen LogP contribution in [0.3, 0.4) is 0 Å². The first-order valence-electron chi connectivity index (χ1n) is 8.45. The monoisotopic (exact) mass is 328 g/mol. The lowest BCUT2D eigenvalue weighted by molar-refractivity contribution is 0.0527. The molecule has 0 saturated heterocycles. The van der Waals surface area contributed by atoms with Gasteiger partial charge in [0.25, 0.3) is 0 Å². The highest BCUT2D eigenvalue weighted by molar-refractivity contribution is 6.04. The highest BCUT2D eigenvalue weighted by atomic mass is 16.5. The standard InChI is InChI=1S/C18H24N4O2/c1-4-24-18(23)15-10-19-17-14(11-20-22(17)3)16(15)21(2)12-13-8-6-5-7-9-13/h5-6,10-11,13H,4,7-9,12H2,1-3H3. The second-order valence-corrected chi connectivity index (χ2v) is 6.28. The molecule has 0 bridgehead atoms. The van der Waals surface area contributed by atoms with Crippen molar-refractivity contribution in [3.63, 3.8) is 0 Å². The smallest absolute Gasteiger partial charge is 0.341 e. The van der Waals surface area contributed by atoms with E-state index in [0.717, 1.165) is 36.1 Å². The number of aryl methyl sites for hydroxylation is 1. The lowest BCUT2D eigenvalue weighted by Crippen LogP contribution is -2.28. The molecule has 0 saturated carbocycles. The van der Waals surface area contributed by atoms with Gasteiger partial charge in [-0.1, -0.05) is 12.2 Å². The van der Waals surface area contributed by atoms with Crippen molar-refractivity contribution in [3.05, 3.63) is 30.1 Å². The number of allylic oxidation sites excluding steroid dienone is 2. The summed E-state index contributed by atoms with van der Waals surface area (Å²) >= 11 is 0. The van der Waals surface area contributed by atoms with E-state index in [4.69, 9.17) is 4.74 Å². The van der Waals surface area contributed by atoms with Crippen LogP contribution in [0, 0.1) is 5.92 Å². The molecule has 0 amide bonds. The number of ether oxygens (including phenoxy) is 1. The Morgan fingerprint density at radius 3 is 2.96 bits per heavy atom. The highest BCUT2D eigenvalue weighted by Gasteiger charge is 2.23. The number of pyridine rings is 1. The van der Waals surface area contributed by atoms with Gasteiger partial charge in [0.05, 0.1) is 23.9 Å². The number of nitrogens with zero attached hydrogens (tertiary/aromatic N) is 4. The third-order valence-electron chi connectivity index (χ3n) is 4.52. The number of esters is 1. The predicted octanol–water partition coefficient (Wildman–Crippen LogP) is 2.94. The number of aromatic nitrogens is 3. The van der Waals surface area contributed by atoms with Crippen molar-refractivity contribution in [2.45, 2.75) is 26.2 Å². The van der Waals surface area contributed by atoms with E-state index in [2.05, 4.69) is 27.1 Å². The van der Waals surface area contributed by atoms with Crippen LogP contribution in [0.2, 0.25) is 0 Å². The SMILES string of the molecule is CCOC(=O)c1cnc2c(cnn2C)c1N(C)CC1CC=CCC1. The first kappa shape index (κ1) is 16.5. The Hall–Kier alpha value is -2.37. The molecule has 2 aromatic heterocycles. The third kappa shape index (κ3) is 3.13. The van der Waals surface area contributed by atoms with E-state index in [1.807, 2.05) is 21.0 Å². The molecule has 0 spiro atoms. The molecule has 1 aliphatic carbocycles. The van der Waals surface area contributed by atoms with Gasteiger partial charge in [-0.15, -0.1) is 0 Å². The van der Waals surface area contributed by atoms with Crippen LogP contribution < -0.4 is 4.90 Å². The van der Waals surface area contributed by atoms with Crippen molar-refractivity contribution >= 4 is 22.7 Å². The summed E-state index contributed by atoms with van der Waals surface area (Å²) in [4.78, 5) is 18.9. The predicted molar refractivity (Wildman–Crippen MR) is 94.2 cm³/mol. The topological polar surface area (TPSA) is 60.2 Å². The van der Waals surface area contributed by atoms with Gasteiger partial charge in [0.15, 0.2) is 5.65 Å². The summed E-state index contributed by atoms with van der Waals surface area (Å²) in [5, 5.41) is 5.18. The second-order valence-electron chi connectivity index (χ2n) is 6.28. The Labute approximate surface area is 142 Å². The zero-order valence-electron chi connectivity index (χ0n) is 14.5. The number of anilines is 1. The molecule has 128 valence electrons. The second kappa shape index (κ2) is 7.03. The van der Waals surface area contributed by atoms with Crippen molar-refractivity contribution in [3.8, 4) is 0 Å². The molecule has 0 fully saturated rings. The Morgan fingerprint density at radius 1 is 1.42 bits per heavy atom. The third-order valence-corrected chi connectivity index (χ3v) is 4.52. The van der Waals surface area contributed by atoms with Crippen molar-refractivity contribution in [2.75, 3.05) is 25.1 Å². The fourth-order valence-corrected chi connectivity index (χ4v) is 3.35.